The molecule has 0 saturated carbocycles. The number of aromatic nitrogens is 2. The predicted molar refractivity (Wildman–Crippen MR) is 34.4 cm³/mol. The van der Waals surface area contributed by atoms with Crippen LogP contribution in [0, 0.1) is 0 Å². The minimum atomic E-state index is -0.193. The molecule has 0 aromatic carbocycles. The predicted octanol–water partition coefficient (Wildman–Crippen LogP) is -0.188. The van der Waals surface area contributed by atoms with Gasteiger partial charge in [-0.15, -0.1) is 0 Å². The topological polar surface area (TPSA) is 57.8 Å². The average molecular weight is 125 g/mol. The van der Waals surface area contributed by atoms with E-state index in [1.165, 1.54) is 6.20 Å². The maximum absolute atomic E-state index is 10.5. The van der Waals surface area contributed by atoms with Crippen molar-refractivity contribution in [2.24, 2.45) is 0 Å². The van der Waals surface area contributed by atoms with E-state index in [2.05, 4.69) is 15.3 Å². The molecule has 9 heavy (non-hydrogen) atoms. The van der Waals surface area contributed by atoms with Gasteiger partial charge in [0.25, 0.3) is 5.56 Å². The van der Waals surface area contributed by atoms with Crippen molar-refractivity contribution in [3.8, 4) is 0 Å². The quantitative estimate of drug-likeness (QED) is 0.547. The maximum atomic E-state index is 10.5. The number of rotatable bonds is 1. The molecule has 1 aromatic heterocycles. The number of anilines is 1. The van der Waals surface area contributed by atoms with Crippen LogP contribution in [0.2, 0.25) is 0 Å². The molecular formula is C5H7N3O. The van der Waals surface area contributed by atoms with E-state index >= 15 is 0 Å². The highest BCUT2D eigenvalue weighted by Crippen LogP contribution is 1.88. The van der Waals surface area contributed by atoms with Crippen molar-refractivity contribution in [1.29, 1.82) is 0 Å². The second-order valence-corrected chi connectivity index (χ2v) is 1.56. The van der Waals surface area contributed by atoms with Gasteiger partial charge in [0, 0.05) is 7.05 Å². The monoisotopic (exact) mass is 125 g/mol. The molecule has 0 fully saturated rings. The van der Waals surface area contributed by atoms with E-state index in [9.17, 15) is 4.79 Å². The fourth-order valence-electron chi connectivity index (χ4n) is 0.504. The zero-order valence-corrected chi connectivity index (χ0v) is 5.01. The van der Waals surface area contributed by atoms with E-state index in [1.807, 2.05) is 0 Å². The summed E-state index contributed by atoms with van der Waals surface area (Å²) in [6.07, 6.45) is 2.77. The fourth-order valence-corrected chi connectivity index (χ4v) is 0.504. The third kappa shape index (κ3) is 1.28. The smallest absolute Gasteiger partial charge is 0.267 e. The summed E-state index contributed by atoms with van der Waals surface area (Å²) in [5.41, 5.74) is -0.193. The molecule has 1 rings (SSSR count). The summed E-state index contributed by atoms with van der Waals surface area (Å²) in [6.45, 7) is 0. The lowest BCUT2D eigenvalue weighted by molar-refractivity contribution is 1.13. The summed E-state index contributed by atoms with van der Waals surface area (Å²) >= 11 is 0. The lowest BCUT2D eigenvalue weighted by Gasteiger charge is -1.93. The first-order valence-corrected chi connectivity index (χ1v) is 2.55. The van der Waals surface area contributed by atoms with Gasteiger partial charge in [-0.2, -0.15) is 0 Å². The summed E-state index contributed by atoms with van der Waals surface area (Å²) in [6, 6.07) is 0. The fraction of sp³-hybridized carbons (Fsp3) is 0.200. The van der Waals surface area contributed by atoms with Gasteiger partial charge in [-0.25, -0.2) is 0 Å². The Kier molecular flexibility index (Phi) is 1.48. The van der Waals surface area contributed by atoms with E-state index in [4.69, 9.17) is 0 Å². The highest BCUT2D eigenvalue weighted by atomic mass is 16.1. The van der Waals surface area contributed by atoms with Crippen LogP contribution in [0.25, 0.3) is 0 Å². The third-order valence-corrected chi connectivity index (χ3v) is 0.923. The zero-order valence-electron chi connectivity index (χ0n) is 5.01. The summed E-state index contributed by atoms with van der Waals surface area (Å²) in [7, 11) is 1.72. The molecule has 1 aromatic rings. The molecule has 0 amide bonds. The van der Waals surface area contributed by atoms with Gasteiger partial charge >= 0.3 is 0 Å². The molecule has 0 spiro atoms. The van der Waals surface area contributed by atoms with E-state index in [0.717, 1.165) is 0 Å². The van der Waals surface area contributed by atoms with Crippen LogP contribution in [0.1, 0.15) is 0 Å². The summed E-state index contributed by atoms with van der Waals surface area (Å²) < 4.78 is 0. The minimum absolute atomic E-state index is 0.193. The van der Waals surface area contributed by atoms with Crippen molar-refractivity contribution < 1.29 is 0 Å². The van der Waals surface area contributed by atoms with Crippen molar-refractivity contribution in [1.82, 2.24) is 9.97 Å². The van der Waals surface area contributed by atoms with E-state index in [1.54, 1.807) is 13.2 Å². The van der Waals surface area contributed by atoms with Crippen molar-refractivity contribution in [2.75, 3.05) is 12.4 Å². The average Bonchev–Trinajstić information content (AvgIpc) is 1.88. The number of aromatic amines is 1. The van der Waals surface area contributed by atoms with Gasteiger partial charge in [-0.05, 0) is 0 Å². The van der Waals surface area contributed by atoms with E-state index in [0.29, 0.717) is 5.82 Å². The lowest BCUT2D eigenvalue weighted by Crippen LogP contribution is -2.07. The molecule has 1 heterocycles. The standard InChI is InChI=1S/C5H7N3O/c1-6-4-2-7-3-5(9)8-4/h2-3H,1H3,(H2,6,8,9). The maximum Gasteiger partial charge on any atom is 0.267 e. The Balaban J connectivity index is 3.08. The first-order valence-electron chi connectivity index (χ1n) is 2.55. The summed E-state index contributed by atoms with van der Waals surface area (Å²) in [5, 5.41) is 2.75. The Morgan fingerprint density at radius 2 is 2.44 bits per heavy atom. The molecule has 0 aliphatic rings. The Morgan fingerprint density at radius 1 is 1.67 bits per heavy atom. The van der Waals surface area contributed by atoms with Crippen LogP contribution in [0.5, 0.6) is 0 Å². The van der Waals surface area contributed by atoms with Crippen LogP contribution >= 0.6 is 0 Å². The number of hydrogen-bond donors (Lipinski definition) is 2. The van der Waals surface area contributed by atoms with Crippen LogP contribution in [0.4, 0.5) is 5.82 Å². The van der Waals surface area contributed by atoms with Gasteiger partial charge in [0.05, 0.1) is 12.4 Å². The molecule has 0 atom stereocenters. The van der Waals surface area contributed by atoms with Crippen LogP contribution in [-0.2, 0) is 0 Å². The molecule has 0 radical (unpaired) electrons. The lowest BCUT2D eigenvalue weighted by atomic mass is 10.7. The number of hydrogen-bond acceptors (Lipinski definition) is 3. The summed E-state index contributed by atoms with van der Waals surface area (Å²) in [5.74, 6) is 0.627. The second kappa shape index (κ2) is 2.30. The number of nitrogens with zero attached hydrogens (tertiary/aromatic N) is 1. The molecule has 0 aliphatic heterocycles. The first-order chi connectivity index (χ1) is 4.33. The first kappa shape index (κ1) is 5.81. The highest BCUT2D eigenvalue weighted by molar-refractivity contribution is 5.27. The molecule has 0 aliphatic carbocycles. The Hall–Kier alpha value is -1.32. The van der Waals surface area contributed by atoms with Gasteiger partial charge in [0.15, 0.2) is 0 Å². The van der Waals surface area contributed by atoms with Gasteiger partial charge in [-0.3, -0.25) is 9.78 Å². The molecule has 48 valence electrons. The minimum Gasteiger partial charge on any atom is -0.373 e. The molecular weight excluding hydrogens is 118 g/mol. The van der Waals surface area contributed by atoms with Crippen molar-refractivity contribution in [3.63, 3.8) is 0 Å². The van der Waals surface area contributed by atoms with E-state index in [-0.39, 0.29) is 5.56 Å². The van der Waals surface area contributed by atoms with E-state index < -0.39 is 0 Å². The van der Waals surface area contributed by atoms with Crippen LogP contribution in [0.15, 0.2) is 17.2 Å². The van der Waals surface area contributed by atoms with Gasteiger partial charge in [0.2, 0.25) is 0 Å². The molecule has 2 N–H and O–H groups in total. The SMILES string of the molecule is CNc1cncc(=O)[nH]1. The zero-order chi connectivity index (χ0) is 6.69. The van der Waals surface area contributed by atoms with Crippen LogP contribution in [0.3, 0.4) is 0 Å². The van der Waals surface area contributed by atoms with Gasteiger partial charge < -0.3 is 10.3 Å². The Bertz CT molecular complexity index is 242. The van der Waals surface area contributed by atoms with Crippen LogP contribution in [-0.4, -0.2) is 17.0 Å². The second-order valence-electron chi connectivity index (χ2n) is 1.56. The number of H-pyrrole nitrogens is 1. The highest BCUT2D eigenvalue weighted by Gasteiger charge is 1.85. The number of nitrogens with one attached hydrogen (secondary N) is 2. The Labute approximate surface area is 51.9 Å². The third-order valence-electron chi connectivity index (χ3n) is 0.923. The normalized spacial score (nSPS) is 9.00. The molecule has 0 bridgehead atoms. The molecule has 0 unspecified atom stereocenters. The summed E-state index contributed by atoms with van der Waals surface area (Å²) in [4.78, 5) is 16.7. The molecule has 0 saturated heterocycles. The van der Waals surface area contributed by atoms with Gasteiger partial charge in [-0.1, -0.05) is 0 Å². The largest absolute Gasteiger partial charge is 0.373 e. The molecule has 4 nitrogen and oxygen atoms in total. The Morgan fingerprint density at radius 3 is 2.89 bits per heavy atom. The molecule has 4 heteroatoms. The van der Waals surface area contributed by atoms with Gasteiger partial charge in [0.1, 0.15) is 5.82 Å². The van der Waals surface area contributed by atoms with Crippen LogP contribution < -0.4 is 10.9 Å². The van der Waals surface area contributed by atoms with Crippen molar-refractivity contribution in [2.45, 2.75) is 0 Å². The van der Waals surface area contributed by atoms with Crippen molar-refractivity contribution in [3.05, 3.63) is 22.7 Å². The van der Waals surface area contributed by atoms with Crippen molar-refractivity contribution >= 4 is 5.82 Å².